The van der Waals surface area contributed by atoms with Gasteiger partial charge in [0.15, 0.2) is 5.11 Å². The smallest absolute Gasteiger partial charge is 0.261 e. The maximum Gasteiger partial charge on any atom is 0.261 e. The molecule has 160 valence electrons. The molecule has 0 bridgehead atoms. The lowest BCUT2D eigenvalue weighted by Crippen LogP contribution is -2.57. The van der Waals surface area contributed by atoms with E-state index in [0.717, 1.165) is 12.8 Å². The van der Waals surface area contributed by atoms with E-state index in [1.165, 1.54) is 30.7 Å². The predicted molar refractivity (Wildman–Crippen MR) is 115 cm³/mol. The third-order valence-corrected chi connectivity index (χ3v) is 5.88. The van der Waals surface area contributed by atoms with Crippen molar-refractivity contribution in [1.82, 2.24) is 21.5 Å². The molecule has 0 aliphatic heterocycles. The van der Waals surface area contributed by atoms with Gasteiger partial charge in [-0.05, 0) is 60.7 Å². The van der Waals surface area contributed by atoms with Gasteiger partial charge in [0, 0.05) is 11.6 Å². The maximum absolute atomic E-state index is 13.0. The molecule has 4 atom stereocenters. The number of carbonyl (C=O) groups excluding carboxylic acids is 2. The fraction of sp³-hybridized carbons (Fsp3) is 0.571. The van der Waals surface area contributed by atoms with E-state index in [0.29, 0.717) is 16.9 Å². The molecule has 0 saturated heterocycles. The van der Waals surface area contributed by atoms with Gasteiger partial charge in [-0.15, -0.1) is 0 Å². The number of hydrogen-bond donors (Lipinski definition) is 4. The number of carbonyl (C=O) groups is 2. The first-order valence-corrected chi connectivity index (χ1v) is 10.5. The normalized spacial score (nSPS) is 22.5. The van der Waals surface area contributed by atoms with E-state index in [-0.39, 0.29) is 17.5 Å². The zero-order chi connectivity index (χ0) is 21.6. The molecule has 29 heavy (non-hydrogen) atoms. The molecule has 1 fully saturated rings. The van der Waals surface area contributed by atoms with E-state index in [9.17, 15) is 14.0 Å². The van der Waals surface area contributed by atoms with Gasteiger partial charge in [0.25, 0.3) is 11.8 Å². The van der Waals surface area contributed by atoms with Gasteiger partial charge < -0.3 is 10.6 Å². The van der Waals surface area contributed by atoms with Crippen molar-refractivity contribution in [1.29, 1.82) is 0 Å². The van der Waals surface area contributed by atoms with Crippen LogP contribution in [0, 0.1) is 23.6 Å². The third-order valence-electron chi connectivity index (χ3n) is 5.66. The van der Waals surface area contributed by atoms with Gasteiger partial charge in [-0.1, -0.05) is 40.5 Å². The molecule has 1 aromatic carbocycles. The molecule has 2 amide bonds. The Morgan fingerprint density at radius 3 is 2.38 bits per heavy atom. The Balaban J connectivity index is 1.87. The second kappa shape index (κ2) is 10.5. The summed E-state index contributed by atoms with van der Waals surface area (Å²) in [6.45, 7) is 8.12. The van der Waals surface area contributed by atoms with Crippen LogP contribution < -0.4 is 21.5 Å². The number of benzene rings is 1. The lowest BCUT2D eigenvalue weighted by atomic mass is 9.78. The van der Waals surface area contributed by atoms with Crippen molar-refractivity contribution in [3.8, 4) is 0 Å². The second-order valence-corrected chi connectivity index (χ2v) is 8.57. The zero-order valence-corrected chi connectivity index (χ0v) is 18.2. The number of amides is 2. The fourth-order valence-electron chi connectivity index (χ4n) is 3.55. The van der Waals surface area contributed by atoms with Gasteiger partial charge in [-0.2, -0.15) is 0 Å². The number of hydrogen-bond acceptors (Lipinski definition) is 3. The molecule has 4 N–H and O–H groups in total. The Morgan fingerprint density at radius 1 is 1.10 bits per heavy atom. The molecule has 0 spiro atoms. The van der Waals surface area contributed by atoms with Crippen molar-refractivity contribution in [2.75, 3.05) is 0 Å². The van der Waals surface area contributed by atoms with Crippen molar-refractivity contribution in [3.63, 3.8) is 0 Å². The summed E-state index contributed by atoms with van der Waals surface area (Å²) in [7, 11) is 0. The summed E-state index contributed by atoms with van der Waals surface area (Å²) < 4.78 is 13.0. The predicted octanol–water partition coefficient (Wildman–Crippen LogP) is 2.90. The molecule has 0 heterocycles. The van der Waals surface area contributed by atoms with Gasteiger partial charge in [-0.25, -0.2) is 4.39 Å². The minimum atomic E-state index is -0.767. The van der Waals surface area contributed by atoms with E-state index < -0.39 is 23.7 Å². The molecule has 0 aromatic heterocycles. The number of thiocarbonyl (C=S) groups is 1. The number of nitrogens with one attached hydrogen (secondary N) is 4. The van der Waals surface area contributed by atoms with E-state index in [2.05, 4.69) is 35.3 Å². The molecule has 1 aromatic rings. The third kappa shape index (κ3) is 6.66. The summed E-state index contributed by atoms with van der Waals surface area (Å²) in [5, 5.41) is 6.33. The Morgan fingerprint density at radius 2 is 1.76 bits per heavy atom. The second-order valence-electron chi connectivity index (χ2n) is 8.16. The monoisotopic (exact) mass is 422 g/mol. The highest BCUT2D eigenvalue weighted by molar-refractivity contribution is 7.80. The van der Waals surface area contributed by atoms with Gasteiger partial charge in [-0.3, -0.25) is 20.4 Å². The van der Waals surface area contributed by atoms with Crippen LogP contribution in [0.4, 0.5) is 4.39 Å². The molecule has 1 aliphatic rings. The van der Waals surface area contributed by atoms with Gasteiger partial charge in [0.1, 0.15) is 11.9 Å². The highest BCUT2D eigenvalue weighted by atomic mass is 32.1. The number of halogens is 1. The van der Waals surface area contributed by atoms with Crippen LogP contribution in [0.5, 0.6) is 0 Å². The van der Waals surface area contributed by atoms with Crippen LogP contribution in [0.25, 0.3) is 0 Å². The first-order chi connectivity index (χ1) is 13.7. The molecule has 2 rings (SSSR count). The number of hydrazine groups is 1. The minimum absolute atomic E-state index is 0.151. The van der Waals surface area contributed by atoms with Crippen molar-refractivity contribution < 1.29 is 14.0 Å². The molecule has 0 radical (unpaired) electrons. The van der Waals surface area contributed by atoms with E-state index >= 15 is 0 Å². The first kappa shape index (κ1) is 23.1. The lowest BCUT2D eigenvalue weighted by Gasteiger charge is -2.35. The molecule has 1 aliphatic carbocycles. The van der Waals surface area contributed by atoms with Gasteiger partial charge in [0.05, 0.1) is 0 Å². The maximum atomic E-state index is 13.0. The van der Waals surface area contributed by atoms with Crippen LogP contribution in [0.3, 0.4) is 0 Å². The standard InChI is InChI=1S/C21H31FN4O2S/c1-12(2)18(24-19(27)15-8-10-16(22)11-9-15)20(28)25-26-21(29)23-17-7-5-6-13(3)14(17)4/h8-14,17-18H,5-7H2,1-4H3,(H,24,27)(H,25,28)(H2,23,26,29)/t13-,14-,17-,18+/m1/s1. The molecule has 6 nitrogen and oxygen atoms in total. The molecule has 8 heteroatoms. The van der Waals surface area contributed by atoms with E-state index in [1.54, 1.807) is 0 Å². The summed E-state index contributed by atoms with van der Waals surface area (Å²) in [5.41, 5.74) is 5.61. The van der Waals surface area contributed by atoms with Crippen LogP contribution in [0.15, 0.2) is 24.3 Å². The first-order valence-electron chi connectivity index (χ1n) is 10.1. The lowest BCUT2D eigenvalue weighted by molar-refractivity contribution is -0.124. The van der Waals surface area contributed by atoms with Crippen molar-refractivity contribution in [2.45, 2.75) is 59.0 Å². The van der Waals surface area contributed by atoms with Gasteiger partial charge >= 0.3 is 0 Å². The Labute approximate surface area is 177 Å². The summed E-state index contributed by atoms with van der Waals surface area (Å²) in [6.07, 6.45) is 3.42. The Hall–Kier alpha value is -2.22. The summed E-state index contributed by atoms with van der Waals surface area (Å²) in [4.78, 5) is 25.0. The van der Waals surface area contributed by atoms with Gasteiger partial charge in [0.2, 0.25) is 0 Å². The quantitative estimate of drug-likeness (QED) is 0.433. The summed E-state index contributed by atoms with van der Waals surface area (Å²) in [5.74, 6) is -0.286. The van der Waals surface area contributed by atoms with Crippen molar-refractivity contribution >= 4 is 29.1 Å². The molecular weight excluding hydrogens is 391 g/mol. The Bertz CT molecular complexity index is 726. The molecule has 0 unspecified atom stereocenters. The highest BCUT2D eigenvalue weighted by Crippen LogP contribution is 2.29. The average Bonchev–Trinajstić information content (AvgIpc) is 2.68. The molecule has 1 saturated carbocycles. The van der Waals surface area contributed by atoms with E-state index in [4.69, 9.17) is 12.2 Å². The molecular formula is C21H31FN4O2S. The highest BCUT2D eigenvalue weighted by Gasteiger charge is 2.28. The fourth-order valence-corrected chi connectivity index (χ4v) is 3.75. The minimum Gasteiger partial charge on any atom is -0.358 e. The number of rotatable bonds is 5. The van der Waals surface area contributed by atoms with Crippen LogP contribution in [-0.4, -0.2) is 29.0 Å². The zero-order valence-electron chi connectivity index (χ0n) is 17.4. The van der Waals surface area contributed by atoms with Crippen molar-refractivity contribution in [2.24, 2.45) is 17.8 Å². The summed E-state index contributed by atoms with van der Waals surface area (Å²) >= 11 is 5.31. The van der Waals surface area contributed by atoms with Crippen LogP contribution in [0.1, 0.15) is 57.3 Å². The SMILES string of the molecule is CC(C)[C@H](NC(=O)c1ccc(F)cc1)C(=O)NNC(=S)N[C@@H]1CCC[C@@H](C)[C@H]1C. The summed E-state index contributed by atoms with van der Waals surface area (Å²) in [6, 6.07) is 4.68. The van der Waals surface area contributed by atoms with Crippen molar-refractivity contribution in [3.05, 3.63) is 35.6 Å². The van der Waals surface area contributed by atoms with Crippen LogP contribution >= 0.6 is 12.2 Å². The van der Waals surface area contributed by atoms with Crippen LogP contribution in [-0.2, 0) is 4.79 Å². The van der Waals surface area contributed by atoms with Crippen LogP contribution in [0.2, 0.25) is 0 Å². The van der Waals surface area contributed by atoms with E-state index in [1.807, 2.05) is 13.8 Å². The Kier molecular flexibility index (Phi) is 8.37. The average molecular weight is 423 g/mol. The topological polar surface area (TPSA) is 82.3 Å². The largest absolute Gasteiger partial charge is 0.358 e.